The molecule has 1 aliphatic carbocycles. The second kappa shape index (κ2) is 3.32. The van der Waals surface area contributed by atoms with Crippen LogP contribution in [0.1, 0.15) is 30.3 Å². The van der Waals surface area contributed by atoms with Crippen molar-refractivity contribution < 1.29 is 0 Å². The first kappa shape index (κ1) is 8.48. The average molecular weight is 177 g/mol. The number of nitrogens with zero attached hydrogens (tertiary/aromatic N) is 3. The lowest BCUT2D eigenvalue weighted by molar-refractivity contribution is 0.620. The second-order valence-electron chi connectivity index (χ2n) is 3.37. The fourth-order valence-corrected chi connectivity index (χ4v) is 2.03. The molecule has 13 heavy (non-hydrogen) atoms. The first-order chi connectivity index (χ1) is 6.36. The van der Waals surface area contributed by atoms with Gasteiger partial charge in [0.25, 0.3) is 0 Å². The highest BCUT2D eigenvalue weighted by molar-refractivity contribution is 5.79. The lowest BCUT2D eigenvalue weighted by Gasteiger charge is -1.98. The van der Waals surface area contributed by atoms with Crippen LogP contribution >= 0.6 is 0 Å². The summed E-state index contributed by atoms with van der Waals surface area (Å²) in [6, 6.07) is 0. The van der Waals surface area contributed by atoms with Gasteiger partial charge in [-0.05, 0) is 26.2 Å². The summed E-state index contributed by atoms with van der Waals surface area (Å²) in [7, 11) is 1.80. The van der Waals surface area contributed by atoms with E-state index < -0.39 is 0 Å². The van der Waals surface area contributed by atoms with Crippen molar-refractivity contribution in [3.63, 3.8) is 0 Å². The van der Waals surface area contributed by atoms with Crippen LogP contribution in [0, 0.1) is 0 Å². The molecule has 0 saturated heterocycles. The molecule has 1 aromatic rings. The maximum Gasteiger partial charge on any atom is 0.106 e. The van der Waals surface area contributed by atoms with E-state index in [1.807, 2.05) is 6.21 Å². The standard InChI is InChI=1S/C10H15N3/c1-3-13-10-6-4-5-8(10)9(12-13)7-11-2/h7H,3-6H2,1-2H3. The minimum absolute atomic E-state index is 0.972. The summed E-state index contributed by atoms with van der Waals surface area (Å²) < 4.78 is 2.11. The Labute approximate surface area is 78.5 Å². The van der Waals surface area contributed by atoms with Gasteiger partial charge in [0.2, 0.25) is 0 Å². The smallest absolute Gasteiger partial charge is 0.106 e. The van der Waals surface area contributed by atoms with Crippen molar-refractivity contribution in [3.8, 4) is 0 Å². The Morgan fingerprint density at radius 2 is 2.38 bits per heavy atom. The number of rotatable bonds is 2. The van der Waals surface area contributed by atoms with Crippen LogP contribution in [0.3, 0.4) is 0 Å². The van der Waals surface area contributed by atoms with Crippen molar-refractivity contribution in [3.05, 3.63) is 17.0 Å². The van der Waals surface area contributed by atoms with E-state index in [2.05, 4.69) is 21.7 Å². The quantitative estimate of drug-likeness (QED) is 0.629. The van der Waals surface area contributed by atoms with Crippen molar-refractivity contribution >= 4 is 6.21 Å². The molecule has 0 amide bonds. The van der Waals surface area contributed by atoms with Crippen LogP contribution in [-0.4, -0.2) is 23.0 Å². The van der Waals surface area contributed by atoms with E-state index in [1.54, 1.807) is 7.05 Å². The Morgan fingerprint density at radius 1 is 1.54 bits per heavy atom. The van der Waals surface area contributed by atoms with E-state index in [4.69, 9.17) is 0 Å². The van der Waals surface area contributed by atoms with Crippen molar-refractivity contribution in [1.82, 2.24) is 9.78 Å². The lowest BCUT2D eigenvalue weighted by Crippen LogP contribution is -2.01. The average Bonchev–Trinajstić information content (AvgIpc) is 2.68. The molecular formula is C10H15N3. The predicted molar refractivity (Wildman–Crippen MR) is 53.4 cm³/mol. The van der Waals surface area contributed by atoms with Gasteiger partial charge in [-0.25, -0.2) is 0 Å². The number of aromatic nitrogens is 2. The van der Waals surface area contributed by atoms with Crippen LogP contribution in [0.2, 0.25) is 0 Å². The number of hydrogen-bond acceptors (Lipinski definition) is 2. The van der Waals surface area contributed by atoms with Gasteiger partial charge in [0.1, 0.15) is 5.69 Å². The molecule has 1 aromatic heterocycles. The van der Waals surface area contributed by atoms with Crippen LogP contribution in [0.5, 0.6) is 0 Å². The van der Waals surface area contributed by atoms with Gasteiger partial charge < -0.3 is 0 Å². The van der Waals surface area contributed by atoms with Gasteiger partial charge in [-0.1, -0.05) is 0 Å². The van der Waals surface area contributed by atoms with Crippen molar-refractivity contribution in [1.29, 1.82) is 0 Å². The summed E-state index contributed by atoms with van der Waals surface area (Å²) in [6.07, 6.45) is 5.51. The van der Waals surface area contributed by atoms with Gasteiger partial charge in [-0.3, -0.25) is 9.67 Å². The second-order valence-corrected chi connectivity index (χ2v) is 3.37. The molecule has 0 spiro atoms. The molecule has 0 atom stereocenters. The zero-order valence-electron chi connectivity index (χ0n) is 8.25. The Kier molecular flexibility index (Phi) is 2.17. The van der Waals surface area contributed by atoms with Crippen LogP contribution in [-0.2, 0) is 19.4 Å². The van der Waals surface area contributed by atoms with Gasteiger partial charge in [0, 0.05) is 31.1 Å². The van der Waals surface area contributed by atoms with E-state index in [0.29, 0.717) is 0 Å². The van der Waals surface area contributed by atoms with E-state index in [1.165, 1.54) is 30.5 Å². The molecule has 0 radical (unpaired) electrons. The SMILES string of the molecule is CCn1nc(C=NC)c2c1CCC2. The van der Waals surface area contributed by atoms with E-state index in [0.717, 1.165) is 12.2 Å². The van der Waals surface area contributed by atoms with Gasteiger partial charge in [-0.2, -0.15) is 5.10 Å². The zero-order chi connectivity index (χ0) is 9.26. The molecule has 0 unspecified atom stereocenters. The molecule has 0 bridgehead atoms. The fraction of sp³-hybridized carbons (Fsp3) is 0.600. The van der Waals surface area contributed by atoms with E-state index in [9.17, 15) is 0 Å². The summed E-state index contributed by atoms with van der Waals surface area (Å²) in [4.78, 5) is 4.03. The minimum Gasteiger partial charge on any atom is -0.294 e. The number of fused-ring (bicyclic) bond motifs is 1. The van der Waals surface area contributed by atoms with E-state index >= 15 is 0 Å². The highest BCUT2D eigenvalue weighted by atomic mass is 15.3. The highest BCUT2D eigenvalue weighted by Gasteiger charge is 2.20. The first-order valence-corrected chi connectivity index (χ1v) is 4.87. The molecule has 0 aromatic carbocycles. The Morgan fingerprint density at radius 3 is 3.08 bits per heavy atom. The van der Waals surface area contributed by atoms with Gasteiger partial charge in [0.15, 0.2) is 0 Å². The normalized spacial score (nSPS) is 15.5. The van der Waals surface area contributed by atoms with Gasteiger partial charge >= 0.3 is 0 Å². The largest absolute Gasteiger partial charge is 0.294 e. The molecule has 2 rings (SSSR count). The van der Waals surface area contributed by atoms with Gasteiger partial charge in [0.05, 0.1) is 0 Å². The van der Waals surface area contributed by atoms with Crippen molar-refractivity contribution in [2.75, 3.05) is 7.05 Å². The maximum atomic E-state index is 4.51. The molecule has 3 nitrogen and oxygen atoms in total. The molecule has 0 N–H and O–H groups in total. The summed E-state index contributed by atoms with van der Waals surface area (Å²) in [5.74, 6) is 0. The molecule has 1 heterocycles. The molecule has 1 aliphatic rings. The van der Waals surface area contributed by atoms with Crippen LogP contribution < -0.4 is 0 Å². The Balaban J connectivity index is 2.47. The predicted octanol–water partition coefficient (Wildman–Crippen LogP) is 1.44. The van der Waals surface area contributed by atoms with Crippen molar-refractivity contribution in [2.24, 2.45) is 4.99 Å². The molecular weight excluding hydrogens is 162 g/mol. The minimum atomic E-state index is 0.972. The lowest BCUT2D eigenvalue weighted by atomic mass is 10.2. The van der Waals surface area contributed by atoms with E-state index in [-0.39, 0.29) is 0 Å². The van der Waals surface area contributed by atoms with Crippen LogP contribution in [0.4, 0.5) is 0 Å². The molecule has 70 valence electrons. The summed E-state index contributed by atoms with van der Waals surface area (Å²) >= 11 is 0. The highest BCUT2D eigenvalue weighted by Crippen LogP contribution is 2.24. The van der Waals surface area contributed by atoms with Crippen molar-refractivity contribution in [2.45, 2.75) is 32.7 Å². The molecule has 0 fully saturated rings. The Hall–Kier alpha value is -1.12. The molecule has 0 saturated carbocycles. The van der Waals surface area contributed by atoms with Crippen LogP contribution in [0.25, 0.3) is 0 Å². The molecule has 3 heteroatoms. The number of aliphatic imine (C=N–C) groups is 1. The molecule has 0 aliphatic heterocycles. The summed E-state index contributed by atoms with van der Waals surface area (Å²) in [5.41, 5.74) is 3.93. The topological polar surface area (TPSA) is 30.2 Å². The fourth-order valence-electron chi connectivity index (χ4n) is 2.03. The maximum absolute atomic E-state index is 4.51. The van der Waals surface area contributed by atoms with Crippen LogP contribution in [0.15, 0.2) is 4.99 Å². The summed E-state index contributed by atoms with van der Waals surface area (Å²) in [6.45, 7) is 3.11. The zero-order valence-corrected chi connectivity index (χ0v) is 8.25. The third-order valence-electron chi connectivity index (χ3n) is 2.59. The third-order valence-corrected chi connectivity index (χ3v) is 2.59. The number of hydrogen-bond donors (Lipinski definition) is 0. The number of aryl methyl sites for hydroxylation is 1. The first-order valence-electron chi connectivity index (χ1n) is 4.87. The van der Waals surface area contributed by atoms with Gasteiger partial charge in [-0.15, -0.1) is 0 Å². The monoisotopic (exact) mass is 177 g/mol. The summed E-state index contributed by atoms with van der Waals surface area (Å²) in [5, 5.41) is 4.51. The third kappa shape index (κ3) is 1.28. The Bertz CT molecular complexity index is 336.